The maximum atomic E-state index is 5.93. The number of nitrogens with one attached hydrogen (secondary N) is 1. The number of hydrogen-bond donors (Lipinski definition) is 1. The van der Waals surface area contributed by atoms with Gasteiger partial charge in [-0.1, -0.05) is 0 Å². The Labute approximate surface area is 124 Å². The second kappa shape index (κ2) is 6.32. The molecule has 2 aromatic rings. The third-order valence-corrected chi connectivity index (χ3v) is 3.76. The first-order valence-corrected chi connectivity index (χ1v) is 7.38. The van der Waals surface area contributed by atoms with Gasteiger partial charge in [-0.3, -0.25) is 4.68 Å². The topological polar surface area (TPSA) is 64.9 Å². The van der Waals surface area contributed by atoms with Crippen LogP contribution in [0.4, 0.5) is 0 Å². The molecule has 0 bridgehead atoms. The lowest BCUT2D eigenvalue weighted by Crippen LogP contribution is -2.32. The normalized spacial score (nSPS) is 22.0. The van der Waals surface area contributed by atoms with Crippen molar-refractivity contribution >= 4 is 0 Å². The minimum Gasteiger partial charge on any atom is -0.370 e. The highest BCUT2D eigenvalue weighted by Crippen LogP contribution is 2.30. The van der Waals surface area contributed by atoms with E-state index >= 15 is 0 Å². The van der Waals surface area contributed by atoms with Gasteiger partial charge in [-0.2, -0.15) is 5.10 Å². The Bertz CT molecular complexity index is 568. The number of rotatable bonds is 5. The lowest BCUT2D eigenvalue weighted by molar-refractivity contribution is 0.0899. The van der Waals surface area contributed by atoms with Crippen LogP contribution in [-0.2, 0) is 11.3 Å². The van der Waals surface area contributed by atoms with Gasteiger partial charge in [0.15, 0.2) is 0 Å². The van der Waals surface area contributed by atoms with E-state index in [1.165, 1.54) is 0 Å². The van der Waals surface area contributed by atoms with Crippen LogP contribution in [0.3, 0.4) is 0 Å². The first-order chi connectivity index (χ1) is 10.3. The molecule has 0 unspecified atom stereocenters. The van der Waals surface area contributed by atoms with Crippen molar-refractivity contribution in [3.05, 3.63) is 42.2 Å². The molecule has 0 spiro atoms. The molecule has 1 aliphatic heterocycles. The Kier molecular flexibility index (Phi) is 4.26. The molecule has 0 amide bonds. The summed E-state index contributed by atoms with van der Waals surface area (Å²) in [5, 5.41) is 7.96. The van der Waals surface area contributed by atoms with Crippen LogP contribution in [0, 0.1) is 0 Å². The van der Waals surface area contributed by atoms with Crippen molar-refractivity contribution in [2.75, 3.05) is 6.61 Å². The Hall–Kier alpha value is -1.79. The van der Waals surface area contributed by atoms with Crippen LogP contribution in [0.25, 0.3) is 0 Å². The van der Waals surface area contributed by atoms with Crippen LogP contribution in [0.2, 0.25) is 0 Å². The predicted octanol–water partition coefficient (Wildman–Crippen LogP) is 1.87. The van der Waals surface area contributed by atoms with E-state index in [0.29, 0.717) is 12.1 Å². The minimum atomic E-state index is 0.0551. The maximum Gasteiger partial charge on any atom is 0.115 e. The molecule has 3 rings (SSSR count). The van der Waals surface area contributed by atoms with Crippen molar-refractivity contribution in [1.29, 1.82) is 0 Å². The average molecular weight is 287 g/mol. The number of aromatic nitrogens is 4. The molecular weight excluding hydrogens is 266 g/mol. The molecule has 1 N–H and O–H groups in total. The van der Waals surface area contributed by atoms with Crippen LogP contribution < -0.4 is 5.32 Å². The van der Waals surface area contributed by atoms with Gasteiger partial charge in [-0.15, -0.1) is 0 Å². The smallest absolute Gasteiger partial charge is 0.115 e. The van der Waals surface area contributed by atoms with E-state index < -0.39 is 0 Å². The second-order valence-corrected chi connectivity index (χ2v) is 5.61. The van der Waals surface area contributed by atoms with E-state index in [2.05, 4.69) is 40.3 Å². The van der Waals surface area contributed by atoms with Gasteiger partial charge in [-0.25, -0.2) is 9.97 Å². The molecule has 6 nitrogen and oxygen atoms in total. The maximum absolute atomic E-state index is 5.93. The van der Waals surface area contributed by atoms with Gasteiger partial charge >= 0.3 is 0 Å². The highest BCUT2D eigenvalue weighted by atomic mass is 16.5. The average Bonchev–Trinajstić information content (AvgIpc) is 3.14. The van der Waals surface area contributed by atoms with Crippen molar-refractivity contribution in [3.8, 4) is 0 Å². The minimum absolute atomic E-state index is 0.0551. The molecule has 6 heteroatoms. The molecule has 0 aromatic carbocycles. The molecular formula is C15H21N5O. The molecule has 3 heterocycles. The van der Waals surface area contributed by atoms with Gasteiger partial charge in [-0.05, 0) is 26.3 Å². The van der Waals surface area contributed by atoms with Crippen molar-refractivity contribution in [1.82, 2.24) is 25.1 Å². The number of nitrogens with zero attached hydrogens (tertiary/aromatic N) is 4. The van der Waals surface area contributed by atoms with Gasteiger partial charge in [0.2, 0.25) is 0 Å². The van der Waals surface area contributed by atoms with Crippen molar-refractivity contribution < 1.29 is 4.74 Å². The highest BCUT2D eigenvalue weighted by molar-refractivity contribution is 5.11. The summed E-state index contributed by atoms with van der Waals surface area (Å²) in [5.74, 6) is 0. The third kappa shape index (κ3) is 3.11. The zero-order valence-electron chi connectivity index (χ0n) is 12.4. The first kappa shape index (κ1) is 14.2. The highest BCUT2D eigenvalue weighted by Gasteiger charge is 2.32. The molecule has 2 aromatic heterocycles. The fraction of sp³-hybridized carbons (Fsp3) is 0.533. The van der Waals surface area contributed by atoms with Crippen LogP contribution in [-0.4, -0.2) is 32.4 Å². The summed E-state index contributed by atoms with van der Waals surface area (Å²) in [6, 6.07) is 2.68. The summed E-state index contributed by atoms with van der Waals surface area (Å²) >= 11 is 0. The Morgan fingerprint density at radius 1 is 1.38 bits per heavy atom. The van der Waals surface area contributed by atoms with Crippen LogP contribution in [0.5, 0.6) is 0 Å². The van der Waals surface area contributed by atoms with Crippen molar-refractivity contribution in [2.45, 2.75) is 45.0 Å². The lowest BCUT2D eigenvalue weighted by atomic mass is 10.1. The van der Waals surface area contributed by atoms with Crippen molar-refractivity contribution in [3.63, 3.8) is 0 Å². The summed E-state index contributed by atoms with van der Waals surface area (Å²) in [7, 11) is 0. The van der Waals surface area contributed by atoms with E-state index in [0.717, 1.165) is 30.8 Å². The Morgan fingerprint density at radius 3 is 2.95 bits per heavy atom. The SMILES string of the molecule is CC(C)n1nccc1[C@H]1OCC[C@@H]1NCc1cncnc1. The summed E-state index contributed by atoms with van der Waals surface area (Å²) in [4.78, 5) is 8.08. The molecule has 112 valence electrons. The predicted molar refractivity (Wildman–Crippen MR) is 78.6 cm³/mol. The van der Waals surface area contributed by atoms with Crippen molar-refractivity contribution in [2.24, 2.45) is 0 Å². The monoisotopic (exact) mass is 287 g/mol. The van der Waals surface area contributed by atoms with E-state index in [9.17, 15) is 0 Å². The largest absolute Gasteiger partial charge is 0.370 e. The Morgan fingerprint density at radius 2 is 2.19 bits per heavy atom. The van der Waals surface area contributed by atoms with Gasteiger partial charge in [0.1, 0.15) is 12.4 Å². The molecule has 2 atom stereocenters. The molecule has 1 saturated heterocycles. The molecule has 1 fully saturated rings. The van der Waals surface area contributed by atoms with Gasteiger partial charge < -0.3 is 10.1 Å². The molecule has 1 aliphatic rings. The number of hydrogen-bond acceptors (Lipinski definition) is 5. The van der Waals surface area contributed by atoms with E-state index in [-0.39, 0.29) is 6.10 Å². The van der Waals surface area contributed by atoms with Gasteiger partial charge in [0.25, 0.3) is 0 Å². The summed E-state index contributed by atoms with van der Waals surface area (Å²) in [6.45, 7) is 5.79. The van der Waals surface area contributed by atoms with Crippen LogP contribution >= 0.6 is 0 Å². The quantitative estimate of drug-likeness (QED) is 0.909. The lowest BCUT2D eigenvalue weighted by Gasteiger charge is -2.22. The zero-order valence-corrected chi connectivity index (χ0v) is 12.4. The van der Waals surface area contributed by atoms with E-state index in [1.807, 2.05) is 23.3 Å². The van der Waals surface area contributed by atoms with Crippen LogP contribution in [0.15, 0.2) is 31.0 Å². The number of ether oxygens (including phenoxy) is 1. The summed E-state index contributed by atoms with van der Waals surface area (Å²) in [6.07, 6.45) is 8.12. The molecule has 0 aliphatic carbocycles. The standard InChI is InChI=1S/C15H21N5O/c1-11(2)20-14(3-5-19-20)15-13(4-6-21-15)18-9-12-7-16-10-17-8-12/h3,5,7-8,10-11,13,15,18H,4,6,9H2,1-2H3/t13-,15-/m0/s1. The second-order valence-electron chi connectivity index (χ2n) is 5.61. The fourth-order valence-electron chi connectivity index (χ4n) is 2.74. The van der Waals surface area contributed by atoms with E-state index in [4.69, 9.17) is 4.74 Å². The summed E-state index contributed by atoms with van der Waals surface area (Å²) < 4.78 is 7.97. The summed E-state index contributed by atoms with van der Waals surface area (Å²) in [5.41, 5.74) is 2.23. The zero-order chi connectivity index (χ0) is 14.7. The Balaban J connectivity index is 1.69. The molecule has 0 saturated carbocycles. The van der Waals surface area contributed by atoms with Gasteiger partial charge in [0.05, 0.1) is 5.69 Å². The van der Waals surface area contributed by atoms with Crippen LogP contribution in [0.1, 0.15) is 43.7 Å². The molecule has 0 radical (unpaired) electrons. The van der Waals surface area contributed by atoms with E-state index in [1.54, 1.807) is 6.33 Å². The molecule has 21 heavy (non-hydrogen) atoms. The van der Waals surface area contributed by atoms with Gasteiger partial charge in [0, 0.05) is 49.4 Å². The first-order valence-electron chi connectivity index (χ1n) is 7.38. The third-order valence-electron chi connectivity index (χ3n) is 3.76. The fourth-order valence-corrected chi connectivity index (χ4v) is 2.74.